The Bertz CT molecular complexity index is 464. The van der Waals surface area contributed by atoms with Crippen molar-refractivity contribution in [1.29, 1.82) is 0 Å². The topological polar surface area (TPSA) is 20.2 Å². The van der Waals surface area contributed by atoms with Crippen molar-refractivity contribution in [2.24, 2.45) is 0 Å². The number of benzene rings is 1. The molecule has 0 aliphatic carbocycles. The number of phenolic OH excluding ortho intramolecular Hbond substituents is 1. The molecule has 0 amide bonds. The molecule has 0 spiro atoms. The molecular weight excluding hydrogens is 304 g/mol. The molecule has 0 bridgehead atoms. The van der Waals surface area contributed by atoms with Crippen molar-refractivity contribution < 1.29 is 5.11 Å². The molecule has 0 aliphatic heterocycles. The number of phenols is 1. The molecule has 0 aliphatic rings. The van der Waals surface area contributed by atoms with Crippen LogP contribution in [0.5, 0.6) is 5.75 Å². The van der Waals surface area contributed by atoms with Gasteiger partial charge in [0.2, 0.25) is 0 Å². The molecule has 1 nitrogen and oxygen atoms in total. The van der Waals surface area contributed by atoms with Gasteiger partial charge in [0.1, 0.15) is 5.75 Å². The highest BCUT2D eigenvalue weighted by Crippen LogP contribution is 2.67. The lowest BCUT2D eigenvalue weighted by atomic mass is 10.2. The van der Waals surface area contributed by atoms with Crippen LogP contribution < -0.4 is 0 Å². The third kappa shape index (κ3) is 3.12. The van der Waals surface area contributed by atoms with Crippen LogP contribution in [0.15, 0.2) is 24.3 Å². The number of hydrogen-bond acceptors (Lipinski definition) is 2. The van der Waals surface area contributed by atoms with Gasteiger partial charge in [-0.05, 0) is 32.8 Å². The Hall–Kier alpha value is -0.413. The third-order valence-electron chi connectivity index (χ3n) is 5.17. The maximum Gasteiger partial charge on any atom is 0.115 e. The van der Waals surface area contributed by atoms with Gasteiger partial charge >= 0.3 is 0 Å². The van der Waals surface area contributed by atoms with Crippen LogP contribution in [0.1, 0.15) is 72.8 Å². The fourth-order valence-corrected chi connectivity index (χ4v) is 19.1. The van der Waals surface area contributed by atoms with Crippen molar-refractivity contribution in [3.63, 3.8) is 0 Å². The normalized spacial score (nSPS) is 15.7. The quantitative estimate of drug-likeness (QED) is 0.451. The second kappa shape index (κ2) is 5.90. The molecule has 0 radical (unpaired) electrons. The van der Waals surface area contributed by atoms with E-state index in [0.29, 0.717) is 5.75 Å². The molecule has 1 rings (SSSR count). The summed E-state index contributed by atoms with van der Waals surface area (Å²) in [5, 5.41) is 10.2. The van der Waals surface area contributed by atoms with E-state index in [1.165, 1.54) is 5.56 Å². The van der Waals surface area contributed by atoms with Crippen LogP contribution in [0.4, 0.5) is 0 Å². The first-order valence-electron chi connectivity index (χ1n) is 8.13. The van der Waals surface area contributed by atoms with E-state index >= 15 is 0 Å². The van der Waals surface area contributed by atoms with E-state index in [1.807, 2.05) is 12.1 Å². The number of hydrogen-bond donors (Lipinski definition) is 2. The van der Waals surface area contributed by atoms with Crippen molar-refractivity contribution in [1.82, 2.24) is 0 Å². The molecular formula is C19H34OSSi. The van der Waals surface area contributed by atoms with Crippen LogP contribution in [0, 0.1) is 0 Å². The molecule has 1 unspecified atom stereocenters. The summed E-state index contributed by atoms with van der Waals surface area (Å²) in [5.41, 5.74) is 1.23. The van der Waals surface area contributed by atoms with E-state index in [-0.39, 0.29) is 20.0 Å². The summed E-state index contributed by atoms with van der Waals surface area (Å²) in [4.78, 5) is 0.216. The monoisotopic (exact) mass is 338 g/mol. The van der Waals surface area contributed by atoms with Crippen molar-refractivity contribution in [2.45, 2.75) is 82.3 Å². The van der Waals surface area contributed by atoms with Gasteiger partial charge in [-0.1, -0.05) is 74.4 Å². The first kappa shape index (κ1) is 19.6. The molecule has 0 heterocycles. The molecule has 1 aromatic rings. The lowest BCUT2D eigenvalue weighted by Gasteiger charge is -2.62. The fourth-order valence-electron chi connectivity index (χ4n) is 5.51. The molecule has 1 N–H and O–H groups in total. The minimum absolute atomic E-state index is 0.202. The minimum Gasteiger partial charge on any atom is -0.508 e. The summed E-state index contributed by atoms with van der Waals surface area (Å²) < 4.78 is 0. The van der Waals surface area contributed by atoms with E-state index in [9.17, 15) is 5.11 Å². The van der Waals surface area contributed by atoms with Crippen LogP contribution in [-0.2, 0) is 0 Å². The van der Waals surface area contributed by atoms with Crippen LogP contribution in [0.2, 0.25) is 15.1 Å². The Labute approximate surface area is 144 Å². The molecule has 22 heavy (non-hydrogen) atoms. The zero-order chi connectivity index (χ0) is 17.6. The van der Waals surface area contributed by atoms with Crippen LogP contribution in [0.25, 0.3) is 0 Å². The summed E-state index contributed by atoms with van der Waals surface area (Å²) in [7, 11) is -1.98. The third-order valence-corrected chi connectivity index (χ3v) is 14.9. The zero-order valence-corrected chi connectivity index (χ0v) is 17.7. The summed E-state index contributed by atoms with van der Waals surface area (Å²) in [6.07, 6.45) is 0. The first-order valence-corrected chi connectivity index (χ1v) is 10.7. The number of thiol groups is 1. The van der Waals surface area contributed by atoms with Gasteiger partial charge in [-0.15, -0.1) is 0 Å². The van der Waals surface area contributed by atoms with Crippen LogP contribution in [-0.4, -0.2) is 13.2 Å². The SMILES string of the molecule is CC(C)(C)[Si](C(S)c1ccc(O)cc1)(C(C)(C)C)C(C)(C)C. The van der Waals surface area contributed by atoms with Gasteiger partial charge in [0.15, 0.2) is 0 Å². The second-order valence-electron chi connectivity index (χ2n) is 9.55. The smallest absolute Gasteiger partial charge is 0.115 e. The molecule has 0 saturated heterocycles. The van der Waals surface area contributed by atoms with Gasteiger partial charge < -0.3 is 5.11 Å². The molecule has 0 fully saturated rings. The first-order chi connectivity index (χ1) is 9.66. The molecule has 1 atom stereocenters. The second-order valence-corrected chi connectivity index (χ2v) is 17.2. The summed E-state index contributed by atoms with van der Waals surface area (Å²) in [5.74, 6) is 0.318. The van der Waals surface area contributed by atoms with Gasteiger partial charge in [-0.3, -0.25) is 0 Å². The lowest BCUT2D eigenvalue weighted by molar-refractivity contribution is 0.475. The number of aromatic hydroxyl groups is 1. The van der Waals surface area contributed by atoms with Crippen molar-refractivity contribution in [3.8, 4) is 5.75 Å². The van der Waals surface area contributed by atoms with E-state index in [1.54, 1.807) is 12.1 Å². The highest BCUT2D eigenvalue weighted by molar-refractivity contribution is 7.83. The Morgan fingerprint density at radius 3 is 1.36 bits per heavy atom. The average molecular weight is 339 g/mol. The average Bonchev–Trinajstić information content (AvgIpc) is 2.23. The predicted molar refractivity (Wildman–Crippen MR) is 105 cm³/mol. The molecule has 3 heteroatoms. The van der Waals surface area contributed by atoms with Crippen LogP contribution in [0.3, 0.4) is 0 Å². The molecule has 1 aromatic carbocycles. The van der Waals surface area contributed by atoms with E-state index < -0.39 is 8.07 Å². The van der Waals surface area contributed by atoms with Crippen molar-refractivity contribution in [2.75, 3.05) is 0 Å². The number of rotatable bonds is 2. The predicted octanol–water partition coefficient (Wildman–Crippen LogP) is 6.75. The Morgan fingerprint density at radius 2 is 1.09 bits per heavy atom. The molecule has 0 aromatic heterocycles. The standard InChI is InChI=1S/C19H34OSSi/c1-17(2,3)22(18(4,5)6,19(7,8)9)16(21)14-10-12-15(20)13-11-14/h10-13,16,20-21H,1-9H3. The summed E-state index contributed by atoms with van der Waals surface area (Å²) in [6, 6.07) is 7.65. The van der Waals surface area contributed by atoms with Gasteiger partial charge in [-0.25, -0.2) is 0 Å². The van der Waals surface area contributed by atoms with Gasteiger partial charge in [0.05, 0.1) is 8.07 Å². The van der Waals surface area contributed by atoms with E-state index in [0.717, 1.165) is 0 Å². The highest BCUT2D eigenvalue weighted by Gasteiger charge is 2.62. The highest BCUT2D eigenvalue weighted by atomic mass is 32.1. The zero-order valence-electron chi connectivity index (χ0n) is 15.8. The Balaban J connectivity index is 3.66. The Morgan fingerprint density at radius 1 is 0.773 bits per heavy atom. The fraction of sp³-hybridized carbons (Fsp3) is 0.684. The maximum absolute atomic E-state index is 9.61. The Kier molecular flexibility index (Phi) is 5.27. The maximum atomic E-state index is 9.61. The summed E-state index contributed by atoms with van der Waals surface area (Å²) >= 11 is 5.20. The van der Waals surface area contributed by atoms with Crippen molar-refractivity contribution >= 4 is 20.7 Å². The molecule has 0 saturated carbocycles. The molecule has 126 valence electrons. The van der Waals surface area contributed by atoms with Gasteiger partial charge in [0, 0.05) is 4.87 Å². The lowest BCUT2D eigenvalue weighted by Crippen LogP contribution is -2.61. The van der Waals surface area contributed by atoms with E-state index in [4.69, 9.17) is 12.6 Å². The van der Waals surface area contributed by atoms with Crippen LogP contribution >= 0.6 is 12.6 Å². The van der Waals surface area contributed by atoms with Crippen molar-refractivity contribution in [3.05, 3.63) is 29.8 Å². The van der Waals surface area contributed by atoms with Gasteiger partial charge in [-0.2, -0.15) is 12.6 Å². The summed E-state index contributed by atoms with van der Waals surface area (Å²) in [6.45, 7) is 21.5. The van der Waals surface area contributed by atoms with E-state index in [2.05, 4.69) is 62.3 Å². The van der Waals surface area contributed by atoms with Gasteiger partial charge in [0.25, 0.3) is 0 Å². The largest absolute Gasteiger partial charge is 0.508 e. The minimum atomic E-state index is -1.98.